The molecule has 3 rings (SSSR count). The van der Waals surface area contributed by atoms with Crippen molar-refractivity contribution in [2.75, 3.05) is 0 Å². The Kier molecular flexibility index (Phi) is 2.66. The van der Waals surface area contributed by atoms with Crippen molar-refractivity contribution in [2.24, 2.45) is 0 Å². The third-order valence-electron chi connectivity index (χ3n) is 3.55. The first-order valence-electron chi connectivity index (χ1n) is 6.29. The van der Waals surface area contributed by atoms with Crippen LogP contribution < -0.4 is 0 Å². The molecule has 4 heteroatoms. The molecule has 0 aromatic heterocycles. The minimum atomic E-state index is -0.494. The number of allylic oxidation sites excluding steroid dienone is 3. The lowest BCUT2D eigenvalue weighted by Crippen LogP contribution is -2.12. The third kappa shape index (κ3) is 1.93. The number of hydrogen-bond donors (Lipinski definition) is 0. The van der Waals surface area contributed by atoms with E-state index >= 15 is 0 Å². The fourth-order valence-electron chi connectivity index (χ4n) is 2.51. The fraction of sp³-hybridized carbons (Fsp3) is 0.333. The summed E-state index contributed by atoms with van der Waals surface area (Å²) in [5.41, 5.74) is 2.87. The second kappa shape index (κ2) is 4.23. The molecule has 3 aliphatic rings. The molecule has 0 aromatic rings. The summed E-state index contributed by atoms with van der Waals surface area (Å²) in [5, 5.41) is 0. The molecule has 1 unspecified atom stereocenters. The van der Waals surface area contributed by atoms with E-state index in [1.54, 1.807) is 13.0 Å². The van der Waals surface area contributed by atoms with Crippen LogP contribution in [0.5, 0.6) is 0 Å². The van der Waals surface area contributed by atoms with E-state index in [1.807, 2.05) is 19.1 Å². The first kappa shape index (κ1) is 12.0. The minimum Gasteiger partial charge on any atom is -0.450 e. The van der Waals surface area contributed by atoms with Crippen LogP contribution in [0.3, 0.4) is 0 Å². The molecule has 19 heavy (non-hydrogen) atoms. The van der Waals surface area contributed by atoms with Gasteiger partial charge in [0.2, 0.25) is 0 Å². The van der Waals surface area contributed by atoms with Gasteiger partial charge in [-0.25, -0.2) is 9.59 Å². The lowest BCUT2D eigenvalue weighted by atomic mass is 9.99. The first-order chi connectivity index (χ1) is 9.06. The van der Waals surface area contributed by atoms with E-state index in [2.05, 4.69) is 0 Å². The first-order valence-corrected chi connectivity index (χ1v) is 6.29. The normalized spacial score (nSPS) is 26.2. The summed E-state index contributed by atoms with van der Waals surface area (Å²) >= 11 is 0. The van der Waals surface area contributed by atoms with E-state index in [9.17, 15) is 9.59 Å². The largest absolute Gasteiger partial charge is 0.450 e. The second-order valence-electron chi connectivity index (χ2n) is 4.94. The molecular formula is C15H14O4. The molecule has 0 aromatic carbocycles. The van der Waals surface area contributed by atoms with Crippen molar-refractivity contribution < 1.29 is 19.1 Å². The lowest BCUT2D eigenvalue weighted by molar-refractivity contribution is -0.138. The smallest absolute Gasteiger partial charge is 0.339 e. The number of rotatable bonds is 0. The Balaban J connectivity index is 2.14. The second-order valence-corrected chi connectivity index (χ2v) is 4.94. The quantitative estimate of drug-likeness (QED) is 0.626. The predicted octanol–water partition coefficient (Wildman–Crippen LogP) is 2.34. The van der Waals surface area contributed by atoms with Crippen LogP contribution in [-0.4, -0.2) is 18.0 Å². The van der Waals surface area contributed by atoms with E-state index in [0.717, 1.165) is 12.0 Å². The maximum atomic E-state index is 11.8. The number of carbonyl (C=O) groups is 2. The maximum Gasteiger partial charge on any atom is 0.339 e. The Morgan fingerprint density at radius 2 is 2.00 bits per heavy atom. The molecule has 0 amide bonds. The zero-order chi connectivity index (χ0) is 13.6. The third-order valence-corrected chi connectivity index (χ3v) is 3.55. The molecule has 0 N–H and O–H groups in total. The molecule has 2 heterocycles. The van der Waals surface area contributed by atoms with Gasteiger partial charge >= 0.3 is 11.9 Å². The van der Waals surface area contributed by atoms with Gasteiger partial charge in [0.15, 0.2) is 6.10 Å². The predicted molar refractivity (Wildman–Crippen MR) is 67.8 cm³/mol. The summed E-state index contributed by atoms with van der Waals surface area (Å²) in [6, 6.07) is 0. The topological polar surface area (TPSA) is 52.6 Å². The molecule has 0 spiro atoms. The molecule has 4 nitrogen and oxygen atoms in total. The Bertz CT molecular complexity index is 602. The van der Waals surface area contributed by atoms with Crippen molar-refractivity contribution >= 4 is 11.9 Å². The lowest BCUT2D eigenvalue weighted by Gasteiger charge is -2.11. The molecule has 0 fully saturated rings. The van der Waals surface area contributed by atoms with E-state index in [0.29, 0.717) is 28.9 Å². The van der Waals surface area contributed by atoms with Crippen LogP contribution in [-0.2, 0) is 19.1 Å². The number of fused-ring (bicyclic) bond motifs is 3. The molecule has 0 saturated carbocycles. The molecule has 2 bridgehead atoms. The SMILES string of the molecule is CC1=CCCC2=CC(OC2=O)C2=C(C)C(=O)OC2=C1. The van der Waals surface area contributed by atoms with Crippen LogP contribution in [0, 0.1) is 0 Å². The van der Waals surface area contributed by atoms with Gasteiger partial charge in [-0.3, -0.25) is 0 Å². The van der Waals surface area contributed by atoms with E-state index in [1.165, 1.54) is 0 Å². The van der Waals surface area contributed by atoms with Crippen molar-refractivity contribution in [2.45, 2.75) is 32.8 Å². The Morgan fingerprint density at radius 1 is 1.21 bits per heavy atom. The molecule has 98 valence electrons. The number of esters is 2. The summed E-state index contributed by atoms with van der Waals surface area (Å²) in [7, 11) is 0. The van der Waals surface area contributed by atoms with Gasteiger partial charge in [-0.05, 0) is 38.8 Å². The molecule has 2 aliphatic heterocycles. The van der Waals surface area contributed by atoms with Crippen LogP contribution in [0.1, 0.15) is 26.7 Å². The van der Waals surface area contributed by atoms with Gasteiger partial charge in [0.25, 0.3) is 0 Å². The van der Waals surface area contributed by atoms with Gasteiger partial charge in [-0.1, -0.05) is 11.6 Å². The van der Waals surface area contributed by atoms with E-state index in [4.69, 9.17) is 9.47 Å². The van der Waals surface area contributed by atoms with Crippen molar-refractivity contribution in [3.8, 4) is 0 Å². The van der Waals surface area contributed by atoms with Crippen LogP contribution in [0.15, 0.2) is 46.3 Å². The average Bonchev–Trinajstić information content (AvgIpc) is 2.81. The Morgan fingerprint density at radius 3 is 2.79 bits per heavy atom. The average molecular weight is 258 g/mol. The summed E-state index contributed by atoms with van der Waals surface area (Å²) < 4.78 is 10.6. The maximum absolute atomic E-state index is 11.8. The molecule has 1 atom stereocenters. The van der Waals surface area contributed by atoms with Gasteiger partial charge in [0.05, 0.1) is 0 Å². The number of hydrogen-bond acceptors (Lipinski definition) is 4. The summed E-state index contributed by atoms with van der Waals surface area (Å²) in [6.45, 7) is 3.65. The zero-order valence-corrected chi connectivity index (χ0v) is 10.9. The Labute approximate surface area is 111 Å². The highest BCUT2D eigenvalue weighted by Crippen LogP contribution is 2.35. The summed E-state index contributed by atoms with van der Waals surface area (Å²) in [6.07, 6.45) is 6.59. The van der Waals surface area contributed by atoms with E-state index < -0.39 is 6.10 Å². The fourth-order valence-corrected chi connectivity index (χ4v) is 2.51. The van der Waals surface area contributed by atoms with E-state index in [-0.39, 0.29) is 11.9 Å². The number of carbonyl (C=O) groups excluding carboxylic acids is 2. The van der Waals surface area contributed by atoms with Crippen molar-refractivity contribution in [3.63, 3.8) is 0 Å². The van der Waals surface area contributed by atoms with Crippen molar-refractivity contribution in [1.29, 1.82) is 0 Å². The van der Waals surface area contributed by atoms with Crippen LogP contribution in [0.4, 0.5) is 0 Å². The summed E-state index contributed by atoms with van der Waals surface area (Å²) in [5.74, 6) is -0.170. The van der Waals surface area contributed by atoms with Gasteiger partial charge in [0, 0.05) is 16.7 Å². The molecular weight excluding hydrogens is 244 g/mol. The molecule has 0 radical (unpaired) electrons. The van der Waals surface area contributed by atoms with Gasteiger partial charge in [0.1, 0.15) is 5.76 Å². The van der Waals surface area contributed by atoms with Gasteiger partial charge < -0.3 is 9.47 Å². The van der Waals surface area contributed by atoms with Crippen LogP contribution >= 0.6 is 0 Å². The summed E-state index contributed by atoms with van der Waals surface area (Å²) in [4.78, 5) is 23.5. The van der Waals surface area contributed by atoms with Crippen molar-refractivity contribution in [1.82, 2.24) is 0 Å². The monoisotopic (exact) mass is 258 g/mol. The number of ether oxygens (including phenoxy) is 2. The van der Waals surface area contributed by atoms with Crippen LogP contribution in [0.25, 0.3) is 0 Å². The molecule has 0 saturated heterocycles. The minimum absolute atomic E-state index is 0.294. The zero-order valence-electron chi connectivity index (χ0n) is 10.9. The van der Waals surface area contributed by atoms with Gasteiger partial charge in [-0.15, -0.1) is 0 Å². The van der Waals surface area contributed by atoms with Crippen LogP contribution in [0.2, 0.25) is 0 Å². The Hall–Kier alpha value is -2.10. The molecule has 1 aliphatic carbocycles. The highest BCUT2D eigenvalue weighted by Gasteiger charge is 2.37. The van der Waals surface area contributed by atoms with Crippen molar-refractivity contribution in [3.05, 3.63) is 46.3 Å². The van der Waals surface area contributed by atoms with Gasteiger partial charge in [-0.2, -0.15) is 0 Å². The highest BCUT2D eigenvalue weighted by atomic mass is 16.6. The highest BCUT2D eigenvalue weighted by molar-refractivity contribution is 5.96. The standard InChI is InChI=1S/C15H14O4/c1-8-4-3-5-10-7-12(19-15(10)17)13-9(2)14(16)18-11(13)6-8/h4,6-7,12H,3,5H2,1-2H3.